The van der Waals surface area contributed by atoms with Crippen molar-refractivity contribution in [3.8, 4) is 5.75 Å². The minimum Gasteiger partial charge on any atom is -0.406 e. The van der Waals surface area contributed by atoms with Gasteiger partial charge < -0.3 is 15.8 Å². The van der Waals surface area contributed by atoms with Gasteiger partial charge in [-0.1, -0.05) is 23.4 Å². The molecule has 0 aliphatic carbocycles. The van der Waals surface area contributed by atoms with Crippen LogP contribution in [0.25, 0.3) is 5.70 Å². The minimum absolute atomic E-state index is 0.153. The van der Waals surface area contributed by atoms with Crippen molar-refractivity contribution in [3.63, 3.8) is 0 Å². The molecule has 0 bridgehead atoms. The summed E-state index contributed by atoms with van der Waals surface area (Å²) in [5, 5.41) is 4.76. The van der Waals surface area contributed by atoms with Crippen LogP contribution >= 0.6 is 23.4 Å². The van der Waals surface area contributed by atoms with Crippen LogP contribution in [0.1, 0.15) is 5.56 Å². The van der Waals surface area contributed by atoms with E-state index in [0.717, 1.165) is 6.07 Å². The average molecular weight is 297 g/mol. The zero-order chi connectivity index (χ0) is 13.3. The van der Waals surface area contributed by atoms with E-state index >= 15 is 0 Å². The number of benzene rings is 1. The highest BCUT2D eigenvalue weighted by atomic mass is 35.5. The van der Waals surface area contributed by atoms with E-state index in [1.807, 2.05) is 0 Å². The highest BCUT2D eigenvalue weighted by molar-refractivity contribution is 8.03. The smallest absolute Gasteiger partial charge is 0.406 e. The van der Waals surface area contributed by atoms with Crippen molar-refractivity contribution in [2.45, 2.75) is 11.9 Å². The molecular weight excluding hydrogens is 289 g/mol. The lowest BCUT2D eigenvalue weighted by Crippen LogP contribution is -2.28. The molecule has 3 N–H and O–H groups in total. The summed E-state index contributed by atoms with van der Waals surface area (Å²) in [5.74, 6) is -0.363. The summed E-state index contributed by atoms with van der Waals surface area (Å²) >= 11 is 7.08. The summed E-state index contributed by atoms with van der Waals surface area (Å²) in [7, 11) is 0. The first-order valence-electron chi connectivity index (χ1n) is 4.78. The van der Waals surface area contributed by atoms with Crippen molar-refractivity contribution in [3.05, 3.63) is 34.2 Å². The molecule has 0 aromatic heterocycles. The third-order valence-electron chi connectivity index (χ3n) is 2.05. The SMILES string of the molecule is NC1NC(c2cc(Cl)cc(OC(F)(F)F)c2)=CS1. The summed E-state index contributed by atoms with van der Waals surface area (Å²) in [5.41, 5.74) is 6.38. The first-order valence-corrected chi connectivity index (χ1v) is 6.10. The van der Waals surface area contributed by atoms with Crippen LogP contribution in [0.3, 0.4) is 0 Å². The zero-order valence-electron chi connectivity index (χ0n) is 8.79. The van der Waals surface area contributed by atoms with E-state index in [1.165, 1.54) is 23.9 Å². The van der Waals surface area contributed by atoms with E-state index in [2.05, 4.69) is 10.1 Å². The second kappa shape index (κ2) is 4.91. The van der Waals surface area contributed by atoms with E-state index < -0.39 is 6.36 Å². The van der Waals surface area contributed by atoms with Gasteiger partial charge in [-0.3, -0.25) is 0 Å². The molecule has 0 spiro atoms. The number of nitrogens with one attached hydrogen (secondary N) is 1. The van der Waals surface area contributed by atoms with Gasteiger partial charge in [0.25, 0.3) is 0 Å². The standard InChI is InChI=1S/C10H8ClF3N2OS/c11-6-1-5(8-4-18-9(15)16-8)2-7(3-6)17-10(12,13)14/h1-4,9,16H,15H2. The van der Waals surface area contributed by atoms with Crippen molar-refractivity contribution in [2.75, 3.05) is 0 Å². The summed E-state index contributed by atoms with van der Waals surface area (Å²) in [6.07, 6.45) is -4.75. The van der Waals surface area contributed by atoms with Crippen molar-refractivity contribution in [2.24, 2.45) is 5.73 Å². The van der Waals surface area contributed by atoms with Crippen LogP contribution in [-0.4, -0.2) is 11.9 Å². The number of thioether (sulfide) groups is 1. The molecule has 0 fully saturated rings. The Morgan fingerprint density at radius 3 is 2.61 bits per heavy atom. The van der Waals surface area contributed by atoms with Crippen molar-refractivity contribution in [1.82, 2.24) is 5.32 Å². The number of halogens is 4. The van der Waals surface area contributed by atoms with Gasteiger partial charge in [-0.15, -0.1) is 13.2 Å². The Hall–Kier alpha value is -1.05. The van der Waals surface area contributed by atoms with E-state index in [0.29, 0.717) is 11.3 Å². The topological polar surface area (TPSA) is 47.3 Å². The normalized spacial score (nSPS) is 19.4. The highest BCUT2D eigenvalue weighted by Crippen LogP contribution is 2.32. The Balaban J connectivity index is 2.27. The maximum atomic E-state index is 12.1. The predicted molar refractivity (Wildman–Crippen MR) is 64.8 cm³/mol. The fourth-order valence-corrected chi connectivity index (χ4v) is 2.33. The summed E-state index contributed by atoms with van der Waals surface area (Å²) in [4.78, 5) is 0. The molecule has 1 aromatic rings. The molecule has 1 aromatic carbocycles. The monoisotopic (exact) mass is 296 g/mol. The number of rotatable bonds is 2. The van der Waals surface area contributed by atoms with Crippen LogP contribution < -0.4 is 15.8 Å². The molecule has 18 heavy (non-hydrogen) atoms. The highest BCUT2D eigenvalue weighted by Gasteiger charge is 2.31. The Morgan fingerprint density at radius 2 is 2.06 bits per heavy atom. The Bertz CT molecular complexity index is 493. The van der Waals surface area contributed by atoms with Crippen LogP contribution in [0, 0.1) is 0 Å². The molecule has 3 nitrogen and oxygen atoms in total. The Kier molecular flexibility index (Phi) is 3.65. The lowest BCUT2D eigenvalue weighted by molar-refractivity contribution is -0.274. The van der Waals surface area contributed by atoms with Gasteiger partial charge in [-0.25, -0.2) is 0 Å². The number of ether oxygens (including phenoxy) is 1. The lowest BCUT2D eigenvalue weighted by atomic mass is 10.1. The number of hydrogen-bond donors (Lipinski definition) is 2. The molecule has 0 amide bonds. The van der Waals surface area contributed by atoms with E-state index in [4.69, 9.17) is 17.3 Å². The lowest BCUT2D eigenvalue weighted by Gasteiger charge is -2.12. The van der Waals surface area contributed by atoms with Gasteiger partial charge in [0.2, 0.25) is 0 Å². The Labute approximate surface area is 110 Å². The molecule has 8 heteroatoms. The van der Waals surface area contributed by atoms with Crippen LogP contribution in [0.15, 0.2) is 23.6 Å². The maximum absolute atomic E-state index is 12.1. The van der Waals surface area contributed by atoms with Crippen LogP contribution in [-0.2, 0) is 0 Å². The summed E-state index contributed by atoms with van der Waals surface area (Å²) < 4.78 is 40.2. The van der Waals surface area contributed by atoms with Gasteiger partial charge in [-0.2, -0.15) is 0 Å². The van der Waals surface area contributed by atoms with Gasteiger partial charge in [0.1, 0.15) is 11.2 Å². The third-order valence-corrected chi connectivity index (χ3v) is 3.05. The third kappa shape index (κ3) is 3.47. The molecule has 1 aliphatic heterocycles. The molecular formula is C10H8ClF3N2OS. The fraction of sp³-hybridized carbons (Fsp3) is 0.200. The van der Waals surface area contributed by atoms with Gasteiger partial charge in [-0.05, 0) is 23.6 Å². The molecule has 0 saturated carbocycles. The van der Waals surface area contributed by atoms with E-state index in [1.54, 1.807) is 5.41 Å². The minimum atomic E-state index is -4.75. The fourth-order valence-electron chi connectivity index (χ4n) is 1.42. The predicted octanol–water partition coefficient (Wildman–Crippen LogP) is 3.12. The van der Waals surface area contributed by atoms with Crippen LogP contribution in [0.4, 0.5) is 13.2 Å². The van der Waals surface area contributed by atoms with Crippen molar-refractivity contribution < 1.29 is 17.9 Å². The van der Waals surface area contributed by atoms with Crippen LogP contribution in [0.2, 0.25) is 5.02 Å². The number of hydrogen-bond acceptors (Lipinski definition) is 4. The van der Waals surface area contributed by atoms with Crippen molar-refractivity contribution in [1.29, 1.82) is 0 Å². The molecule has 1 heterocycles. The molecule has 98 valence electrons. The quantitative estimate of drug-likeness (QED) is 0.880. The second-order valence-electron chi connectivity index (χ2n) is 3.46. The maximum Gasteiger partial charge on any atom is 0.573 e. The molecule has 0 radical (unpaired) electrons. The van der Waals surface area contributed by atoms with Gasteiger partial charge in [0.05, 0.1) is 0 Å². The second-order valence-corrected chi connectivity index (χ2v) is 4.91. The first-order chi connectivity index (χ1) is 8.33. The van der Waals surface area contributed by atoms with Gasteiger partial charge in [0.15, 0.2) is 0 Å². The average Bonchev–Trinajstić information content (AvgIpc) is 2.61. The van der Waals surface area contributed by atoms with Crippen molar-refractivity contribution >= 4 is 29.1 Å². The molecule has 0 saturated heterocycles. The molecule has 1 aliphatic rings. The van der Waals surface area contributed by atoms with E-state index in [9.17, 15) is 13.2 Å². The molecule has 2 rings (SSSR count). The van der Waals surface area contributed by atoms with Gasteiger partial charge >= 0.3 is 6.36 Å². The zero-order valence-corrected chi connectivity index (χ0v) is 10.4. The summed E-state index contributed by atoms with van der Waals surface area (Å²) in [6, 6.07) is 3.88. The summed E-state index contributed by atoms with van der Waals surface area (Å²) in [6.45, 7) is 0. The largest absolute Gasteiger partial charge is 0.573 e. The molecule has 1 unspecified atom stereocenters. The first kappa shape index (κ1) is 13.4. The van der Waals surface area contributed by atoms with Crippen LogP contribution in [0.5, 0.6) is 5.75 Å². The van der Waals surface area contributed by atoms with Gasteiger partial charge in [0, 0.05) is 16.3 Å². The van der Waals surface area contributed by atoms with E-state index in [-0.39, 0.29) is 16.3 Å². The Morgan fingerprint density at radius 1 is 1.33 bits per heavy atom. The molecule has 1 atom stereocenters. The number of nitrogens with two attached hydrogens (primary N) is 1. The number of alkyl halides is 3.